The molecule has 0 bridgehead atoms. The zero-order valence-electron chi connectivity index (χ0n) is 7.72. The predicted octanol–water partition coefficient (Wildman–Crippen LogP) is 1.70. The van der Waals surface area contributed by atoms with Crippen LogP contribution in [0.5, 0.6) is 0 Å². The van der Waals surface area contributed by atoms with Crippen LogP contribution in [0.4, 0.5) is 0 Å². The smallest absolute Gasteiger partial charge is 0.0703 e. The van der Waals surface area contributed by atoms with E-state index in [0.717, 1.165) is 6.54 Å². The molecule has 2 nitrogen and oxygen atoms in total. The molecule has 0 radical (unpaired) electrons. The van der Waals surface area contributed by atoms with Crippen molar-refractivity contribution in [2.45, 2.75) is 50.7 Å². The number of ether oxygens (including phenoxy) is 1. The second-order valence-corrected chi connectivity index (χ2v) is 4.01. The van der Waals surface area contributed by atoms with E-state index in [-0.39, 0.29) is 0 Å². The summed E-state index contributed by atoms with van der Waals surface area (Å²) >= 11 is 0. The van der Waals surface area contributed by atoms with Crippen molar-refractivity contribution in [2.24, 2.45) is 0 Å². The van der Waals surface area contributed by atoms with Crippen LogP contribution in [0, 0.1) is 0 Å². The molecule has 1 saturated carbocycles. The van der Waals surface area contributed by atoms with E-state index in [1.54, 1.807) is 0 Å². The third-order valence-electron chi connectivity index (χ3n) is 2.94. The Morgan fingerprint density at radius 1 is 0.917 bits per heavy atom. The van der Waals surface area contributed by atoms with Gasteiger partial charge in [-0.1, -0.05) is 12.8 Å². The lowest BCUT2D eigenvalue weighted by atomic mass is 10.1. The summed E-state index contributed by atoms with van der Waals surface area (Å²) in [5.41, 5.74) is 0. The van der Waals surface area contributed by atoms with Crippen LogP contribution in [0.2, 0.25) is 0 Å². The topological polar surface area (TPSA) is 21.3 Å². The first-order valence-corrected chi connectivity index (χ1v) is 5.31. The van der Waals surface area contributed by atoms with Crippen molar-refractivity contribution in [1.82, 2.24) is 5.32 Å². The fraction of sp³-hybridized carbons (Fsp3) is 1.00. The molecule has 2 rings (SSSR count). The van der Waals surface area contributed by atoms with Gasteiger partial charge in [0.05, 0.1) is 12.2 Å². The number of nitrogens with one attached hydrogen (secondary N) is 1. The molecule has 1 aliphatic carbocycles. The van der Waals surface area contributed by atoms with E-state index in [1.165, 1.54) is 45.1 Å². The summed E-state index contributed by atoms with van der Waals surface area (Å²) in [5, 5.41) is 3.38. The molecule has 0 unspecified atom stereocenters. The molecule has 2 fully saturated rings. The van der Waals surface area contributed by atoms with Crippen LogP contribution in [0.25, 0.3) is 0 Å². The van der Waals surface area contributed by atoms with Gasteiger partial charge in [0.25, 0.3) is 0 Å². The van der Waals surface area contributed by atoms with Crippen LogP contribution < -0.4 is 5.32 Å². The minimum absolute atomic E-state index is 0.516. The number of hydrogen-bond donors (Lipinski definition) is 1. The minimum atomic E-state index is 0.516. The normalized spacial score (nSPS) is 32.5. The highest BCUT2D eigenvalue weighted by Crippen LogP contribution is 2.23. The first-order chi connectivity index (χ1) is 5.95. The van der Waals surface area contributed by atoms with Gasteiger partial charge in [0.1, 0.15) is 0 Å². The summed E-state index contributed by atoms with van der Waals surface area (Å²) in [6, 6.07) is 0. The van der Waals surface area contributed by atoms with Gasteiger partial charge >= 0.3 is 0 Å². The van der Waals surface area contributed by atoms with Crippen LogP contribution >= 0.6 is 0 Å². The van der Waals surface area contributed by atoms with Crippen molar-refractivity contribution in [2.75, 3.05) is 13.1 Å². The Hall–Kier alpha value is -0.0800. The van der Waals surface area contributed by atoms with Crippen molar-refractivity contribution < 1.29 is 4.74 Å². The lowest BCUT2D eigenvalue weighted by Crippen LogP contribution is -2.37. The number of hydrogen-bond acceptors (Lipinski definition) is 2. The molecule has 2 aliphatic rings. The predicted molar refractivity (Wildman–Crippen MR) is 49.2 cm³/mol. The SMILES string of the molecule is C1CCC(O[C@H]2CCCNC2)C1. The fourth-order valence-electron chi connectivity index (χ4n) is 2.23. The third kappa shape index (κ3) is 2.20. The van der Waals surface area contributed by atoms with E-state index in [9.17, 15) is 0 Å². The van der Waals surface area contributed by atoms with Crippen molar-refractivity contribution in [3.63, 3.8) is 0 Å². The highest BCUT2D eigenvalue weighted by atomic mass is 16.5. The molecule has 70 valence electrons. The van der Waals surface area contributed by atoms with Gasteiger partial charge in [0.2, 0.25) is 0 Å². The van der Waals surface area contributed by atoms with Gasteiger partial charge in [0, 0.05) is 6.54 Å². The van der Waals surface area contributed by atoms with Gasteiger partial charge < -0.3 is 10.1 Å². The number of piperidine rings is 1. The van der Waals surface area contributed by atoms with Crippen LogP contribution in [0.1, 0.15) is 38.5 Å². The maximum absolute atomic E-state index is 5.99. The zero-order chi connectivity index (χ0) is 8.23. The molecule has 1 N–H and O–H groups in total. The largest absolute Gasteiger partial charge is 0.374 e. The molecule has 1 atom stereocenters. The fourth-order valence-corrected chi connectivity index (χ4v) is 2.23. The summed E-state index contributed by atoms with van der Waals surface area (Å²) in [4.78, 5) is 0. The highest BCUT2D eigenvalue weighted by Gasteiger charge is 2.21. The minimum Gasteiger partial charge on any atom is -0.374 e. The molecule has 1 heterocycles. The van der Waals surface area contributed by atoms with Crippen molar-refractivity contribution in [1.29, 1.82) is 0 Å². The monoisotopic (exact) mass is 169 g/mol. The van der Waals surface area contributed by atoms with Crippen LogP contribution in [-0.2, 0) is 4.74 Å². The van der Waals surface area contributed by atoms with Crippen LogP contribution in [-0.4, -0.2) is 25.3 Å². The zero-order valence-corrected chi connectivity index (χ0v) is 7.72. The first-order valence-electron chi connectivity index (χ1n) is 5.31. The third-order valence-corrected chi connectivity index (χ3v) is 2.94. The van der Waals surface area contributed by atoms with Gasteiger partial charge in [0.15, 0.2) is 0 Å². The lowest BCUT2D eigenvalue weighted by molar-refractivity contribution is -0.0188. The van der Waals surface area contributed by atoms with E-state index < -0.39 is 0 Å². The molecule has 2 heteroatoms. The van der Waals surface area contributed by atoms with Crippen molar-refractivity contribution >= 4 is 0 Å². The Kier molecular flexibility index (Phi) is 3.01. The van der Waals surface area contributed by atoms with E-state index >= 15 is 0 Å². The van der Waals surface area contributed by atoms with E-state index in [4.69, 9.17) is 4.74 Å². The Morgan fingerprint density at radius 3 is 2.33 bits per heavy atom. The van der Waals surface area contributed by atoms with Crippen LogP contribution in [0.3, 0.4) is 0 Å². The average Bonchev–Trinajstić information content (AvgIpc) is 2.59. The quantitative estimate of drug-likeness (QED) is 0.679. The molecule has 0 aromatic heterocycles. The lowest BCUT2D eigenvalue weighted by Gasteiger charge is -2.26. The summed E-state index contributed by atoms with van der Waals surface area (Å²) in [6.07, 6.45) is 9.03. The molecule has 1 saturated heterocycles. The van der Waals surface area contributed by atoms with Crippen LogP contribution in [0.15, 0.2) is 0 Å². The average molecular weight is 169 g/mol. The molecule has 0 amide bonds. The van der Waals surface area contributed by atoms with Gasteiger partial charge in [-0.25, -0.2) is 0 Å². The summed E-state index contributed by atoms with van der Waals surface area (Å²) in [6.45, 7) is 2.26. The second kappa shape index (κ2) is 4.24. The van der Waals surface area contributed by atoms with E-state index in [1.807, 2.05) is 0 Å². The molecule has 12 heavy (non-hydrogen) atoms. The second-order valence-electron chi connectivity index (χ2n) is 4.01. The van der Waals surface area contributed by atoms with Gasteiger partial charge in [-0.15, -0.1) is 0 Å². The molecular weight excluding hydrogens is 150 g/mol. The Bertz CT molecular complexity index is 126. The number of rotatable bonds is 2. The Labute approximate surface area is 74.7 Å². The summed E-state index contributed by atoms with van der Waals surface area (Å²) < 4.78 is 5.99. The van der Waals surface area contributed by atoms with E-state index in [0.29, 0.717) is 12.2 Å². The summed E-state index contributed by atoms with van der Waals surface area (Å²) in [5.74, 6) is 0. The Balaban J connectivity index is 1.69. The maximum Gasteiger partial charge on any atom is 0.0703 e. The molecule has 0 spiro atoms. The molecule has 0 aromatic rings. The van der Waals surface area contributed by atoms with Gasteiger partial charge in [-0.3, -0.25) is 0 Å². The molecular formula is C10H19NO. The standard InChI is InChI=1S/C10H19NO/c1-2-5-9(4-1)12-10-6-3-7-11-8-10/h9-11H,1-8H2/t10-/m0/s1. The molecule has 1 aliphatic heterocycles. The van der Waals surface area contributed by atoms with Gasteiger partial charge in [-0.05, 0) is 32.2 Å². The summed E-state index contributed by atoms with van der Waals surface area (Å²) in [7, 11) is 0. The molecule has 0 aromatic carbocycles. The Morgan fingerprint density at radius 2 is 1.67 bits per heavy atom. The van der Waals surface area contributed by atoms with Gasteiger partial charge in [-0.2, -0.15) is 0 Å². The highest BCUT2D eigenvalue weighted by molar-refractivity contribution is 4.73. The van der Waals surface area contributed by atoms with Crippen molar-refractivity contribution in [3.8, 4) is 0 Å². The van der Waals surface area contributed by atoms with Crippen molar-refractivity contribution in [3.05, 3.63) is 0 Å². The maximum atomic E-state index is 5.99. The van der Waals surface area contributed by atoms with E-state index in [2.05, 4.69) is 5.32 Å². The first kappa shape index (κ1) is 8.52.